The van der Waals surface area contributed by atoms with Gasteiger partial charge < -0.3 is 0 Å². The Morgan fingerprint density at radius 1 is 0.333 bits per heavy atom. The molecule has 0 heterocycles. The monoisotopic (exact) mass is 736 g/mol. The van der Waals surface area contributed by atoms with Gasteiger partial charge in [-0.1, -0.05) is 168 Å². The maximum absolute atomic E-state index is 4.12. The van der Waals surface area contributed by atoms with E-state index in [1.54, 1.807) is 0 Å². The fourth-order valence-corrected chi connectivity index (χ4v) is 21.9. The van der Waals surface area contributed by atoms with E-state index in [1.165, 1.54) is 86.5 Å². The van der Waals surface area contributed by atoms with Crippen LogP contribution in [0.5, 0.6) is 0 Å². The second-order valence-electron chi connectivity index (χ2n) is 18.2. The minimum absolute atomic E-state index is 0.578. The van der Waals surface area contributed by atoms with Crippen molar-refractivity contribution >= 4 is 91.6 Å². The summed E-state index contributed by atoms with van der Waals surface area (Å²) in [6, 6.07) is 32.5. The lowest BCUT2D eigenvalue weighted by Gasteiger charge is -2.38. The molecule has 0 aliphatic heterocycles. The van der Waals surface area contributed by atoms with Crippen molar-refractivity contribution in [1.29, 1.82) is 0 Å². The molecule has 0 radical (unpaired) electrons. The van der Waals surface area contributed by atoms with Crippen LogP contribution in [0.3, 0.4) is 0 Å². The van der Waals surface area contributed by atoms with Gasteiger partial charge in [0.15, 0.2) is 0 Å². The van der Waals surface area contributed by atoms with Gasteiger partial charge in [-0.25, -0.2) is 0 Å². The van der Waals surface area contributed by atoms with Crippen molar-refractivity contribution in [2.75, 3.05) is 0 Å². The Morgan fingerprint density at radius 2 is 0.648 bits per heavy atom. The van der Waals surface area contributed by atoms with Gasteiger partial charge in [0.2, 0.25) is 0 Å². The molecule has 0 saturated heterocycles. The van der Waals surface area contributed by atoms with Crippen molar-refractivity contribution in [2.45, 2.75) is 116 Å². The number of benzene rings is 8. The van der Waals surface area contributed by atoms with Crippen LogP contribution < -0.4 is 0 Å². The lowest BCUT2D eigenvalue weighted by molar-refractivity contribution is 0.838. The van der Waals surface area contributed by atoms with Crippen LogP contribution in [0.2, 0.25) is 33.2 Å². The van der Waals surface area contributed by atoms with E-state index in [0.29, 0.717) is 33.2 Å². The molecule has 0 amide bonds. The highest BCUT2D eigenvalue weighted by Crippen LogP contribution is 2.49. The summed E-state index contributed by atoms with van der Waals surface area (Å²) in [7, 11) is -3.93. The third-order valence-electron chi connectivity index (χ3n) is 13.9. The highest BCUT2D eigenvalue weighted by molar-refractivity contribution is 6.91. The number of hydrogen-bond donors (Lipinski definition) is 0. The first-order valence-electron chi connectivity index (χ1n) is 20.5. The smallest absolute Gasteiger partial charge is 0.125 e. The van der Waals surface area contributed by atoms with Gasteiger partial charge in [-0.3, -0.25) is 0 Å². The van der Waals surface area contributed by atoms with Crippen LogP contribution in [0.4, 0.5) is 0 Å². The van der Waals surface area contributed by atoms with Crippen LogP contribution in [-0.4, -0.2) is 16.1 Å². The SMILES string of the molecule is CC(C)[Si](C#Cc1c2ccccc2c2cc3ccc4c(C#C[Si](C(C)C)(C(C)C)C(C)C)c5ccccc5c5cc6ccc1c2c6c3c45)(C(C)C)C(C)C. The van der Waals surface area contributed by atoms with Gasteiger partial charge in [-0.2, -0.15) is 0 Å². The Morgan fingerprint density at radius 3 is 0.963 bits per heavy atom. The predicted molar refractivity (Wildman–Crippen MR) is 247 cm³/mol. The molecule has 0 aromatic heterocycles. The molecule has 0 aliphatic carbocycles. The summed E-state index contributed by atoms with van der Waals surface area (Å²) in [5, 5.41) is 18.4. The Balaban J connectivity index is 1.54. The zero-order chi connectivity index (χ0) is 38.4. The van der Waals surface area contributed by atoms with E-state index >= 15 is 0 Å². The molecule has 0 atom stereocenters. The summed E-state index contributed by atoms with van der Waals surface area (Å²) in [6.45, 7) is 29.0. The lowest BCUT2D eigenvalue weighted by atomic mass is 9.82. The maximum atomic E-state index is 4.12. The summed E-state index contributed by atoms with van der Waals surface area (Å²) >= 11 is 0. The molecule has 2 heteroatoms. The van der Waals surface area contributed by atoms with E-state index < -0.39 is 16.1 Å². The van der Waals surface area contributed by atoms with Crippen LogP contribution >= 0.6 is 0 Å². The van der Waals surface area contributed by atoms with E-state index in [1.807, 2.05) is 0 Å². The maximum Gasteiger partial charge on any atom is 0.146 e. The number of fused-ring (bicyclic) bond motifs is 4. The molecular formula is C52H56Si2. The molecule has 0 aliphatic rings. The van der Waals surface area contributed by atoms with Crippen molar-refractivity contribution < 1.29 is 0 Å². The Labute approximate surface area is 325 Å². The van der Waals surface area contributed by atoms with Gasteiger partial charge in [0.05, 0.1) is 0 Å². The average molecular weight is 737 g/mol. The van der Waals surface area contributed by atoms with Gasteiger partial charge in [0.25, 0.3) is 0 Å². The second kappa shape index (κ2) is 13.2. The van der Waals surface area contributed by atoms with Crippen LogP contribution in [0.25, 0.3) is 75.4 Å². The van der Waals surface area contributed by atoms with E-state index in [2.05, 4.69) is 191 Å². The highest BCUT2D eigenvalue weighted by Gasteiger charge is 2.43. The highest BCUT2D eigenvalue weighted by atomic mass is 28.3. The Bertz CT molecular complexity index is 2620. The van der Waals surface area contributed by atoms with Crippen LogP contribution in [0.1, 0.15) is 94.2 Å². The standard InChI is InChI=1S/C52H56Si2/c1-31(2)53(32(3)4,33(5)6)27-25-43-39-17-13-15-19-41(39)47-29-38-22-24-46-44(26-28-54(34(7)8,35(9)10)36(11)12)40-18-14-16-20-42(40)48-30-37-21-23-45(43)51(47)49(37)50(38)52(46)48/h13-24,29-36H,1-12H3. The first kappa shape index (κ1) is 36.6. The fourth-order valence-electron chi connectivity index (χ4n) is 11.5. The van der Waals surface area contributed by atoms with E-state index in [-0.39, 0.29) is 0 Å². The summed E-state index contributed by atoms with van der Waals surface area (Å²) in [6.07, 6.45) is 0. The summed E-state index contributed by atoms with van der Waals surface area (Å²) < 4.78 is 0. The van der Waals surface area contributed by atoms with E-state index in [4.69, 9.17) is 0 Å². The molecule has 54 heavy (non-hydrogen) atoms. The first-order valence-corrected chi connectivity index (χ1v) is 25.0. The van der Waals surface area contributed by atoms with Crippen molar-refractivity contribution in [3.05, 3.63) is 96.1 Å². The third-order valence-corrected chi connectivity index (χ3v) is 26.5. The zero-order valence-corrected chi connectivity index (χ0v) is 36.5. The molecule has 0 unspecified atom stereocenters. The molecule has 0 saturated carbocycles. The minimum atomic E-state index is -1.96. The molecular weight excluding hydrogens is 681 g/mol. The molecule has 272 valence electrons. The van der Waals surface area contributed by atoms with Gasteiger partial charge in [-0.15, -0.1) is 11.1 Å². The Hall–Kier alpha value is -4.35. The van der Waals surface area contributed by atoms with Gasteiger partial charge in [0.1, 0.15) is 16.1 Å². The van der Waals surface area contributed by atoms with Crippen molar-refractivity contribution in [2.24, 2.45) is 0 Å². The quantitative estimate of drug-likeness (QED) is 0.0690. The van der Waals surface area contributed by atoms with Crippen LogP contribution in [0.15, 0.2) is 84.9 Å². The van der Waals surface area contributed by atoms with Gasteiger partial charge in [-0.05, 0) is 121 Å². The summed E-state index contributed by atoms with van der Waals surface area (Å²) in [4.78, 5) is 0. The summed E-state index contributed by atoms with van der Waals surface area (Å²) in [5.41, 5.74) is 14.1. The topological polar surface area (TPSA) is 0 Å². The third kappa shape index (κ3) is 5.03. The molecule has 8 rings (SSSR count). The van der Waals surface area contributed by atoms with Crippen molar-refractivity contribution in [1.82, 2.24) is 0 Å². The number of rotatable bonds is 6. The van der Waals surface area contributed by atoms with Gasteiger partial charge >= 0.3 is 0 Å². The largest absolute Gasteiger partial charge is 0.146 e. The number of hydrogen-bond acceptors (Lipinski definition) is 0. The molecule has 0 N–H and O–H groups in total. The van der Waals surface area contributed by atoms with E-state index in [9.17, 15) is 0 Å². The molecule has 0 spiro atoms. The zero-order valence-electron chi connectivity index (χ0n) is 34.5. The Kier molecular flexibility index (Phi) is 8.92. The normalized spacial score (nSPS) is 13.1. The van der Waals surface area contributed by atoms with Crippen molar-refractivity contribution in [3.8, 4) is 22.9 Å². The first-order chi connectivity index (χ1) is 25.7. The molecule has 8 aromatic carbocycles. The molecule has 0 nitrogen and oxygen atoms in total. The fraction of sp³-hybridized carbons (Fsp3) is 0.346. The average Bonchev–Trinajstić information content (AvgIpc) is 3.13. The van der Waals surface area contributed by atoms with Crippen LogP contribution in [0, 0.1) is 22.9 Å². The molecule has 0 fully saturated rings. The molecule has 0 bridgehead atoms. The van der Waals surface area contributed by atoms with Gasteiger partial charge in [0, 0.05) is 11.1 Å². The second-order valence-corrected chi connectivity index (χ2v) is 29.3. The molecule has 8 aromatic rings. The van der Waals surface area contributed by atoms with Crippen LogP contribution in [-0.2, 0) is 0 Å². The lowest BCUT2D eigenvalue weighted by Crippen LogP contribution is -2.43. The summed E-state index contributed by atoms with van der Waals surface area (Å²) in [5.74, 6) is 7.96. The minimum Gasteiger partial charge on any atom is -0.125 e. The van der Waals surface area contributed by atoms with E-state index in [0.717, 1.165) is 0 Å². The predicted octanol–water partition coefficient (Wildman–Crippen LogP) is 15.8. The van der Waals surface area contributed by atoms with Crippen molar-refractivity contribution in [3.63, 3.8) is 0 Å².